The molecule has 8 heteroatoms. The summed E-state index contributed by atoms with van der Waals surface area (Å²) >= 11 is 0. The van der Waals surface area contributed by atoms with Gasteiger partial charge in [0.1, 0.15) is 12.4 Å². The molecule has 5 rings (SSSR count). The van der Waals surface area contributed by atoms with Gasteiger partial charge in [-0.25, -0.2) is 4.79 Å². The molecule has 38 heavy (non-hydrogen) atoms. The van der Waals surface area contributed by atoms with E-state index in [0.29, 0.717) is 6.54 Å². The lowest BCUT2D eigenvalue weighted by Gasteiger charge is -2.39. The first-order chi connectivity index (χ1) is 18.5. The minimum Gasteiger partial charge on any atom is -0.369 e. The zero-order chi connectivity index (χ0) is 26.5. The predicted molar refractivity (Wildman–Crippen MR) is 149 cm³/mol. The van der Waals surface area contributed by atoms with Crippen LogP contribution in [0.3, 0.4) is 0 Å². The second-order valence-electron chi connectivity index (χ2n) is 9.88. The van der Waals surface area contributed by atoms with E-state index >= 15 is 0 Å². The van der Waals surface area contributed by atoms with Crippen molar-refractivity contribution in [2.75, 3.05) is 31.1 Å². The maximum atomic E-state index is 13.4. The van der Waals surface area contributed by atoms with Crippen LogP contribution in [-0.4, -0.2) is 51.3 Å². The van der Waals surface area contributed by atoms with Crippen molar-refractivity contribution < 1.29 is 4.79 Å². The van der Waals surface area contributed by atoms with Gasteiger partial charge >= 0.3 is 5.69 Å². The van der Waals surface area contributed by atoms with Gasteiger partial charge in [-0.3, -0.25) is 14.3 Å². The van der Waals surface area contributed by atoms with Crippen molar-refractivity contribution in [1.29, 1.82) is 0 Å². The van der Waals surface area contributed by atoms with E-state index in [1.807, 2.05) is 98.8 Å². The Morgan fingerprint density at radius 3 is 2.05 bits per heavy atom. The molecule has 1 aromatic heterocycles. The lowest BCUT2D eigenvalue weighted by atomic mass is 10.0. The van der Waals surface area contributed by atoms with Crippen LogP contribution in [-0.2, 0) is 11.3 Å². The summed E-state index contributed by atoms with van der Waals surface area (Å²) in [6.45, 7) is 7.56. The number of hydrogen-bond acceptors (Lipinski definition) is 5. The molecule has 1 aliphatic heterocycles. The summed E-state index contributed by atoms with van der Waals surface area (Å²) in [6, 6.07) is 27.7. The van der Waals surface area contributed by atoms with Crippen LogP contribution in [0.1, 0.15) is 37.1 Å². The molecule has 3 aromatic carbocycles. The standard InChI is InChI=1S/C30H34N6O2/c1-23(2)35-22-32-36(30(35)38)27-15-13-26(14-16-27)33-17-19-34(20-18-33)28(25-11-7-4-8-12-25)29(37)31-21-24-9-5-3-6-10-24/h3-16,22-23,28H,17-21H2,1-2H3,(H,31,37). The van der Waals surface area contributed by atoms with Crippen molar-refractivity contribution in [1.82, 2.24) is 24.6 Å². The third kappa shape index (κ3) is 5.55. The zero-order valence-corrected chi connectivity index (χ0v) is 21.9. The number of aromatic nitrogens is 3. The van der Waals surface area contributed by atoms with E-state index in [4.69, 9.17) is 0 Å². The molecule has 1 aliphatic rings. The molecule has 0 saturated carbocycles. The normalized spacial score (nSPS) is 15.0. The molecule has 4 aromatic rings. The number of nitrogens with zero attached hydrogens (tertiary/aromatic N) is 5. The topological polar surface area (TPSA) is 75.4 Å². The second kappa shape index (κ2) is 11.5. The Kier molecular flexibility index (Phi) is 7.70. The minimum atomic E-state index is -0.340. The summed E-state index contributed by atoms with van der Waals surface area (Å²) in [5.41, 5.74) is 3.78. The maximum absolute atomic E-state index is 13.4. The van der Waals surface area contributed by atoms with Crippen LogP contribution in [0.15, 0.2) is 96.1 Å². The lowest BCUT2D eigenvalue weighted by molar-refractivity contribution is -0.127. The first kappa shape index (κ1) is 25.5. The highest BCUT2D eigenvalue weighted by molar-refractivity contribution is 5.83. The lowest BCUT2D eigenvalue weighted by Crippen LogP contribution is -2.51. The van der Waals surface area contributed by atoms with Crippen LogP contribution in [0.25, 0.3) is 5.69 Å². The van der Waals surface area contributed by atoms with Crippen LogP contribution >= 0.6 is 0 Å². The van der Waals surface area contributed by atoms with E-state index < -0.39 is 0 Å². The summed E-state index contributed by atoms with van der Waals surface area (Å²) in [4.78, 5) is 30.6. The van der Waals surface area contributed by atoms with Crippen molar-refractivity contribution in [3.8, 4) is 5.69 Å². The van der Waals surface area contributed by atoms with Gasteiger partial charge in [-0.1, -0.05) is 60.7 Å². The van der Waals surface area contributed by atoms with Gasteiger partial charge in [-0.15, -0.1) is 0 Å². The van der Waals surface area contributed by atoms with E-state index in [-0.39, 0.29) is 23.7 Å². The van der Waals surface area contributed by atoms with Gasteiger partial charge in [0.2, 0.25) is 5.91 Å². The van der Waals surface area contributed by atoms with E-state index in [0.717, 1.165) is 48.7 Å². The van der Waals surface area contributed by atoms with Crippen LogP contribution in [0.2, 0.25) is 0 Å². The fraction of sp³-hybridized carbons (Fsp3) is 0.300. The molecule has 1 N–H and O–H groups in total. The third-order valence-corrected chi connectivity index (χ3v) is 7.06. The number of anilines is 1. The Morgan fingerprint density at radius 2 is 1.45 bits per heavy atom. The molecule has 1 amide bonds. The Hall–Kier alpha value is -4.17. The first-order valence-corrected chi connectivity index (χ1v) is 13.1. The number of amides is 1. The molecule has 8 nitrogen and oxygen atoms in total. The summed E-state index contributed by atoms with van der Waals surface area (Å²) in [6.07, 6.45) is 1.58. The number of benzene rings is 3. The van der Waals surface area contributed by atoms with Crippen molar-refractivity contribution in [3.05, 3.63) is 113 Å². The van der Waals surface area contributed by atoms with Gasteiger partial charge in [0, 0.05) is 44.5 Å². The van der Waals surface area contributed by atoms with Gasteiger partial charge in [0.05, 0.1) is 5.69 Å². The smallest absolute Gasteiger partial charge is 0.350 e. The largest absolute Gasteiger partial charge is 0.369 e. The van der Waals surface area contributed by atoms with Gasteiger partial charge < -0.3 is 10.2 Å². The van der Waals surface area contributed by atoms with Crippen molar-refractivity contribution in [2.24, 2.45) is 0 Å². The number of carbonyl (C=O) groups is 1. The van der Waals surface area contributed by atoms with Gasteiger partial charge in [-0.2, -0.15) is 9.78 Å². The SMILES string of the molecule is CC(C)n1cnn(-c2ccc(N3CCN(C(C(=O)NCc4ccccc4)c4ccccc4)CC3)cc2)c1=O. The molecular formula is C30H34N6O2. The van der Waals surface area contributed by atoms with Crippen molar-refractivity contribution in [2.45, 2.75) is 32.5 Å². The van der Waals surface area contributed by atoms with Gasteiger partial charge in [-0.05, 0) is 49.2 Å². The summed E-state index contributed by atoms with van der Waals surface area (Å²) in [5, 5.41) is 7.41. The highest BCUT2D eigenvalue weighted by atomic mass is 16.2. The minimum absolute atomic E-state index is 0.0177. The molecule has 1 atom stereocenters. The van der Waals surface area contributed by atoms with Crippen LogP contribution in [0.4, 0.5) is 5.69 Å². The Bertz CT molecular complexity index is 1390. The Balaban J connectivity index is 1.26. The first-order valence-electron chi connectivity index (χ1n) is 13.1. The highest BCUT2D eigenvalue weighted by Crippen LogP contribution is 2.25. The van der Waals surface area contributed by atoms with Gasteiger partial charge in [0.15, 0.2) is 0 Å². The molecule has 1 fully saturated rings. The summed E-state index contributed by atoms with van der Waals surface area (Å²) in [5.74, 6) is 0.0177. The summed E-state index contributed by atoms with van der Waals surface area (Å²) in [7, 11) is 0. The molecule has 0 spiro atoms. The molecule has 1 saturated heterocycles. The summed E-state index contributed by atoms with van der Waals surface area (Å²) < 4.78 is 3.05. The third-order valence-electron chi connectivity index (χ3n) is 7.06. The molecule has 2 heterocycles. The number of nitrogens with one attached hydrogen (secondary N) is 1. The number of rotatable bonds is 8. The Morgan fingerprint density at radius 1 is 0.842 bits per heavy atom. The quantitative estimate of drug-likeness (QED) is 0.390. The van der Waals surface area contributed by atoms with Crippen molar-refractivity contribution in [3.63, 3.8) is 0 Å². The van der Waals surface area contributed by atoms with E-state index in [1.54, 1.807) is 10.9 Å². The number of piperazine rings is 1. The molecular weight excluding hydrogens is 476 g/mol. The molecule has 0 bridgehead atoms. The van der Waals surface area contributed by atoms with Crippen LogP contribution in [0.5, 0.6) is 0 Å². The molecule has 0 aliphatic carbocycles. The average molecular weight is 511 g/mol. The van der Waals surface area contributed by atoms with E-state index in [2.05, 4.69) is 20.2 Å². The molecule has 196 valence electrons. The van der Waals surface area contributed by atoms with E-state index in [1.165, 1.54) is 4.68 Å². The number of carbonyl (C=O) groups excluding carboxylic acids is 1. The fourth-order valence-electron chi connectivity index (χ4n) is 4.93. The zero-order valence-electron chi connectivity index (χ0n) is 21.9. The van der Waals surface area contributed by atoms with Crippen molar-refractivity contribution >= 4 is 11.6 Å². The molecule has 1 unspecified atom stereocenters. The number of hydrogen-bond donors (Lipinski definition) is 1. The van der Waals surface area contributed by atoms with Gasteiger partial charge in [0.25, 0.3) is 0 Å². The average Bonchev–Trinajstić information content (AvgIpc) is 3.35. The molecule has 0 radical (unpaired) electrons. The monoisotopic (exact) mass is 510 g/mol. The Labute approximate surface area is 223 Å². The maximum Gasteiger partial charge on any atom is 0.350 e. The second-order valence-corrected chi connectivity index (χ2v) is 9.88. The predicted octanol–water partition coefficient (Wildman–Crippen LogP) is 3.79. The van der Waals surface area contributed by atoms with Crippen LogP contribution < -0.4 is 15.9 Å². The fourth-order valence-corrected chi connectivity index (χ4v) is 4.93. The van der Waals surface area contributed by atoms with Crippen LogP contribution in [0, 0.1) is 0 Å². The highest BCUT2D eigenvalue weighted by Gasteiger charge is 2.30. The van der Waals surface area contributed by atoms with E-state index in [9.17, 15) is 9.59 Å².